The number of carboxylic acids is 1. The van der Waals surface area contributed by atoms with Gasteiger partial charge >= 0.3 is 5.97 Å². The molecule has 1 aliphatic carbocycles. The van der Waals surface area contributed by atoms with Crippen molar-refractivity contribution in [2.75, 3.05) is 0 Å². The van der Waals surface area contributed by atoms with E-state index in [4.69, 9.17) is 0 Å². The van der Waals surface area contributed by atoms with Crippen LogP contribution in [0.2, 0.25) is 0 Å². The number of aryl methyl sites for hydroxylation is 1. The Kier molecular flexibility index (Phi) is 4.77. The fourth-order valence-electron chi connectivity index (χ4n) is 2.77. The Morgan fingerprint density at radius 1 is 1.15 bits per heavy atom. The Morgan fingerprint density at radius 2 is 1.75 bits per heavy atom. The molecule has 0 aliphatic heterocycles. The number of carboxylic acid groups (broad SMARTS) is 1. The first kappa shape index (κ1) is 14.6. The van der Waals surface area contributed by atoms with Gasteiger partial charge in [-0.15, -0.1) is 0 Å². The third-order valence-corrected chi connectivity index (χ3v) is 4.01. The summed E-state index contributed by atoms with van der Waals surface area (Å²) < 4.78 is 0. The predicted octanol–water partition coefficient (Wildman–Crippen LogP) is 2.50. The van der Waals surface area contributed by atoms with Crippen LogP contribution in [0.25, 0.3) is 0 Å². The molecule has 0 spiro atoms. The average molecular weight is 275 g/mol. The molecule has 20 heavy (non-hydrogen) atoms. The van der Waals surface area contributed by atoms with Crippen molar-refractivity contribution in [2.24, 2.45) is 11.8 Å². The van der Waals surface area contributed by atoms with E-state index in [2.05, 4.69) is 5.32 Å². The summed E-state index contributed by atoms with van der Waals surface area (Å²) in [5, 5.41) is 12.1. The van der Waals surface area contributed by atoms with Crippen molar-refractivity contribution in [1.29, 1.82) is 0 Å². The summed E-state index contributed by atoms with van der Waals surface area (Å²) in [6.45, 7) is 2.48. The summed E-state index contributed by atoms with van der Waals surface area (Å²) in [6.07, 6.45) is 3.12. The molecule has 0 aromatic heterocycles. The summed E-state index contributed by atoms with van der Waals surface area (Å²) in [7, 11) is 0. The lowest BCUT2D eigenvalue weighted by Crippen LogP contribution is -2.39. The van der Waals surface area contributed by atoms with Gasteiger partial charge in [0.15, 0.2) is 0 Å². The zero-order valence-corrected chi connectivity index (χ0v) is 11.8. The number of amides is 1. The Hall–Kier alpha value is -1.84. The van der Waals surface area contributed by atoms with Crippen LogP contribution in [0.15, 0.2) is 24.3 Å². The molecule has 2 N–H and O–H groups in total. The quantitative estimate of drug-likeness (QED) is 0.887. The van der Waals surface area contributed by atoms with E-state index >= 15 is 0 Å². The van der Waals surface area contributed by atoms with Crippen LogP contribution in [0.1, 0.15) is 36.8 Å². The summed E-state index contributed by atoms with van der Waals surface area (Å²) in [5.74, 6) is -1.88. The summed E-state index contributed by atoms with van der Waals surface area (Å²) >= 11 is 0. The number of carbonyl (C=O) groups excluding carboxylic acids is 1. The topological polar surface area (TPSA) is 66.4 Å². The van der Waals surface area contributed by atoms with Gasteiger partial charge in [0.1, 0.15) is 0 Å². The maximum atomic E-state index is 12.2. The fraction of sp³-hybridized carbons (Fsp3) is 0.500. The third-order valence-electron chi connectivity index (χ3n) is 4.01. The van der Waals surface area contributed by atoms with Gasteiger partial charge in [-0.2, -0.15) is 0 Å². The number of carbonyl (C=O) groups is 2. The smallest absolute Gasteiger partial charge is 0.307 e. The number of rotatable bonds is 4. The highest BCUT2D eigenvalue weighted by Gasteiger charge is 2.35. The van der Waals surface area contributed by atoms with E-state index in [0.717, 1.165) is 18.4 Å². The van der Waals surface area contributed by atoms with Gasteiger partial charge < -0.3 is 10.4 Å². The van der Waals surface area contributed by atoms with Crippen LogP contribution in [0.3, 0.4) is 0 Å². The zero-order chi connectivity index (χ0) is 14.5. The monoisotopic (exact) mass is 275 g/mol. The second kappa shape index (κ2) is 6.55. The minimum Gasteiger partial charge on any atom is -0.481 e. The van der Waals surface area contributed by atoms with E-state index in [1.165, 1.54) is 5.56 Å². The molecule has 1 amide bonds. The molecule has 0 unspecified atom stereocenters. The lowest BCUT2D eigenvalue weighted by molar-refractivity contribution is -0.148. The van der Waals surface area contributed by atoms with Gasteiger partial charge in [-0.1, -0.05) is 42.7 Å². The van der Waals surface area contributed by atoms with Crippen LogP contribution in [0.4, 0.5) is 0 Å². The molecule has 0 radical (unpaired) electrons. The molecule has 0 heterocycles. The van der Waals surface area contributed by atoms with Crippen molar-refractivity contribution < 1.29 is 14.7 Å². The molecule has 4 nitrogen and oxygen atoms in total. The Morgan fingerprint density at radius 3 is 2.35 bits per heavy atom. The highest BCUT2D eigenvalue weighted by Crippen LogP contribution is 2.30. The van der Waals surface area contributed by atoms with Crippen LogP contribution in [-0.2, 0) is 16.1 Å². The number of nitrogens with one attached hydrogen (secondary N) is 1. The standard InChI is InChI=1S/C16H21NO3/c1-11-6-8-12(9-7-11)10-17-15(18)13-4-2-3-5-14(13)16(19)20/h6-9,13-14H,2-5,10H2,1H3,(H,17,18)(H,19,20)/t13-,14+/m1/s1. The number of benzene rings is 1. The van der Waals surface area contributed by atoms with Crippen molar-refractivity contribution in [3.8, 4) is 0 Å². The molecule has 0 bridgehead atoms. The Labute approximate surface area is 119 Å². The van der Waals surface area contributed by atoms with Crippen molar-refractivity contribution in [1.82, 2.24) is 5.32 Å². The van der Waals surface area contributed by atoms with E-state index in [1.54, 1.807) is 0 Å². The maximum Gasteiger partial charge on any atom is 0.307 e. The van der Waals surface area contributed by atoms with Crippen molar-refractivity contribution in [2.45, 2.75) is 39.2 Å². The lowest BCUT2D eigenvalue weighted by atomic mass is 9.78. The Balaban J connectivity index is 1.93. The Bertz CT molecular complexity index is 481. The SMILES string of the molecule is Cc1ccc(CNC(=O)[C@@H]2CCCC[C@@H]2C(=O)O)cc1. The molecule has 1 aliphatic rings. The largest absolute Gasteiger partial charge is 0.481 e. The molecule has 1 saturated carbocycles. The number of aliphatic carboxylic acids is 1. The first-order chi connectivity index (χ1) is 9.58. The second-order valence-corrected chi connectivity index (χ2v) is 5.54. The van der Waals surface area contributed by atoms with Crippen LogP contribution < -0.4 is 5.32 Å². The van der Waals surface area contributed by atoms with Crippen molar-refractivity contribution in [3.63, 3.8) is 0 Å². The van der Waals surface area contributed by atoms with Gasteiger partial charge in [-0.05, 0) is 25.3 Å². The number of hydrogen-bond acceptors (Lipinski definition) is 2. The van der Waals surface area contributed by atoms with E-state index < -0.39 is 11.9 Å². The molecule has 108 valence electrons. The second-order valence-electron chi connectivity index (χ2n) is 5.54. The fourth-order valence-corrected chi connectivity index (χ4v) is 2.77. The van der Waals surface area contributed by atoms with Crippen LogP contribution >= 0.6 is 0 Å². The van der Waals surface area contributed by atoms with E-state index in [-0.39, 0.29) is 11.8 Å². The summed E-state index contributed by atoms with van der Waals surface area (Å²) in [4.78, 5) is 23.4. The molecule has 1 fully saturated rings. The molecular formula is C16H21NO3. The first-order valence-corrected chi connectivity index (χ1v) is 7.14. The molecule has 2 rings (SSSR count). The van der Waals surface area contributed by atoms with E-state index in [0.29, 0.717) is 19.4 Å². The normalized spacial score (nSPS) is 22.2. The molecule has 4 heteroatoms. The van der Waals surface area contributed by atoms with E-state index in [1.807, 2.05) is 31.2 Å². The zero-order valence-electron chi connectivity index (χ0n) is 11.8. The van der Waals surface area contributed by atoms with Crippen molar-refractivity contribution in [3.05, 3.63) is 35.4 Å². The minimum atomic E-state index is -0.847. The highest BCUT2D eigenvalue weighted by atomic mass is 16.4. The molecule has 1 aromatic carbocycles. The van der Waals surface area contributed by atoms with E-state index in [9.17, 15) is 14.7 Å². The maximum absolute atomic E-state index is 12.2. The molecule has 0 saturated heterocycles. The minimum absolute atomic E-state index is 0.127. The molecular weight excluding hydrogens is 254 g/mol. The summed E-state index contributed by atoms with van der Waals surface area (Å²) in [6, 6.07) is 7.96. The van der Waals surface area contributed by atoms with Crippen LogP contribution in [0, 0.1) is 18.8 Å². The third kappa shape index (κ3) is 3.59. The van der Waals surface area contributed by atoms with Gasteiger partial charge in [-0.25, -0.2) is 0 Å². The van der Waals surface area contributed by atoms with Gasteiger partial charge in [0.25, 0.3) is 0 Å². The lowest BCUT2D eigenvalue weighted by Gasteiger charge is -2.27. The molecule has 2 atom stereocenters. The predicted molar refractivity (Wildman–Crippen MR) is 76.1 cm³/mol. The van der Waals surface area contributed by atoms with Crippen LogP contribution in [0.5, 0.6) is 0 Å². The first-order valence-electron chi connectivity index (χ1n) is 7.14. The van der Waals surface area contributed by atoms with Gasteiger partial charge in [-0.3, -0.25) is 9.59 Å². The van der Waals surface area contributed by atoms with Gasteiger partial charge in [0.05, 0.1) is 11.8 Å². The van der Waals surface area contributed by atoms with Crippen LogP contribution in [-0.4, -0.2) is 17.0 Å². The highest BCUT2D eigenvalue weighted by molar-refractivity contribution is 5.84. The van der Waals surface area contributed by atoms with Gasteiger partial charge in [0, 0.05) is 6.54 Å². The number of hydrogen-bond donors (Lipinski definition) is 2. The van der Waals surface area contributed by atoms with Gasteiger partial charge in [0.2, 0.25) is 5.91 Å². The van der Waals surface area contributed by atoms with Crippen molar-refractivity contribution >= 4 is 11.9 Å². The average Bonchev–Trinajstić information content (AvgIpc) is 2.46. The summed E-state index contributed by atoms with van der Waals surface area (Å²) in [5.41, 5.74) is 2.21. The molecule has 1 aromatic rings.